The van der Waals surface area contributed by atoms with Crippen molar-refractivity contribution in [1.82, 2.24) is 0 Å². The van der Waals surface area contributed by atoms with Gasteiger partial charge in [0.15, 0.2) is 0 Å². The zero-order valence-corrected chi connectivity index (χ0v) is 13.0. The summed E-state index contributed by atoms with van der Waals surface area (Å²) in [5, 5.41) is 2.77. The van der Waals surface area contributed by atoms with Crippen molar-refractivity contribution in [2.75, 3.05) is 11.9 Å². The molecule has 0 heterocycles. The molecular formula is C18H20N2O3. The van der Waals surface area contributed by atoms with Gasteiger partial charge in [-0.3, -0.25) is 9.59 Å². The first kappa shape index (κ1) is 16.5. The molecule has 0 aliphatic carbocycles. The van der Waals surface area contributed by atoms with E-state index < -0.39 is 5.91 Å². The third-order valence-electron chi connectivity index (χ3n) is 3.29. The van der Waals surface area contributed by atoms with Crippen molar-refractivity contribution >= 4 is 17.5 Å². The molecule has 3 N–H and O–H groups in total. The van der Waals surface area contributed by atoms with Crippen LogP contribution in [0.4, 0.5) is 5.69 Å². The average molecular weight is 312 g/mol. The number of benzene rings is 2. The van der Waals surface area contributed by atoms with Gasteiger partial charge < -0.3 is 15.8 Å². The number of nitrogens with one attached hydrogen (secondary N) is 1. The van der Waals surface area contributed by atoms with Crippen molar-refractivity contribution in [3.8, 4) is 5.75 Å². The molecule has 5 heteroatoms. The summed E-state index contributed by atoms with van der Waals surface area (Å²) in [7, 11) is 0. The molecule has 120 valence electrons. The van der Waals surface area contributed by atoms with Crippen LogP contribution in [-0.4, -0.2) is 18.4 Å². The molecule has 0 fully saturated rings. The van der Waals surface area contributed by atoms with Crippen LogP contribution in [0.2, 0.25) is 0 Å². The highest BCUT2D eigenvalue weighted by Gasteiger charge is 2.04. The lowest BCUT2D eigenvalue weighted by Crippen LogP contribution is -2.14. The SMILES string of the molecule is Cc1ccc(OCCCC(=O)Nc2ccc(C(N)=O)cc2)cc1. The van der Waals surface area contributed by atoms with Crippen molar-refractivity contribution in [3.63, 3.8) is 0 Å². The normalized spacial score (nSPS) is 10.1. The highest BCUT2D eigenvalue weighted by molar-refractivity contribution is 5.94. The summed E-state index contributed by atoms with van der Waals surface area (Å²) < 4.78 is 5.57. The minimum atomic E-state index is -0.490. The Kier molecular flexibility index (Phi) is 5.74. The van der Waals surface area contributed by atoms with E-state index in [1.54, 1.807) is 24.3 Å². The van der Waals surface area contributed by atoms with Crippen molar-refractivity contribution < 1.29 is 14.3 Å². The number of ether oxygens (including phenoxy) is 1. The molecule has 2 aromatic carbocycles. The van der Waals surface area contributed by atoms with Crippen molar-refractivity contribution in [2.45, 2.75) is 19.8 Å². The zero-order chi connectivity index (χ0) is 16.7. The number of amides is 2. The van der Waals surface area contributed by atoms with Crippen LogP contribution in [0.25, 0.3) is 0 Å². The first-order valence-corrected chi connectivity index (χ1v) is 7.44. The molecule has 0 radical (unpaired) electrons. The lowest BCUT2D eigenvalue weighted by Gasteiger charge is -2.07. The van der Waals surface area contributed by atoms with Gasteiger partial charge in [0, 0.05) is 17.7 Å². The van der Waals surface area contributed by atoms with E-state index in [1.165, 1.54) is 5.56 Å². The van der Waals surface area contributed by atoms with Crippen LogP contribution in [0.5, 0.6) is 5.75 Å². The summed E-state index contributed by atoms with van der Waals surface area (Å²) in [6.07, 6.45) is 0.989. The molecule has 0 unspecified atom stereocenters. The zero-order valence-electron chi connectivity index (χ0n) is 13.0. The van der Waals surface area contributed by atoms with Gasteiger partial charge in [-0.2, -0.15) is 0 Å². The molecule has 0 bridgehead atoms. The number of primary amides is 1. The van der Waals surface area contributed by atoms with Crippen LogP contribution in [0.15, 0.2) is 48.5 Å². The largest absolute Gasteiger partial charge is 0.494 e. The van der Waals surface area contributed by atoms with E-state index in [4.69, 9.17) is 10.5 Å². The minimum Gasteiger partial charge on any atom is -0.494 e. The van der Waals surface area contributed by atoms with Gasteiger partial charge in [0.1, 0.15) is 5.75 Å². The lowest BCUT2D eigenvalue weighted by molar-refractivity contribution is -0.116. The van der Waals surface area contributed by atoms with Gasteiger partial charge in [-0.15, -0.1) is 0 Å². The van der Waals surface area contributed by atoms with E-state index in [9.17, 15) is 9.59 Å². The monoisotopic (exact) mass is 312 g/mol. The van der Waals surface area contributed by atoms with E-state index in [0.717, 1.165) is 5.75 Å². The number of nitrogens with two attached hydrogens (primary N) is 1. The molecule has 0 aliphatic heterocycles. The van der Waals surface area contributed by atoms with Crippen LogP contribution in [0, 0.1) is 6.92 Å². The molecule has 0 spiro atoms. The minimum absolute atomic E-state index is 0.0932. The highest BCUT2D eigenvalue weighted by atomic mass is 16.5. The second-order valence-electron chi connectivity index (χ2n) is 5.25. The summed E-state index contributed by atoms with van der Waals surface area (Å²) in [5.41, 5.74) is 7.39. The molecule has 2 amide bonds. The Morgan fingerprint density at radius 3 is 2.30 bits per heavy atom. The van der Waals surface area contributed by atoms with Gasteiger partial charge in [0.2, 0.25) is 11.8 Å². The summed E-state index contributed by atoms with van der Waals surface area (Å²) in [4.78, 5) is 22.8. The topological polar surface area (TPSA) is 81.4 Å². The average Bonchev–Trinajstić information content (AvgIpc) is 2.54. The van der Waals surface area contributed by atoms with Crippen LogP contribution >= 0.6 is 0 Å². The predicted molar refractivity (Wildman–Crippen MR) is 89.5 cm³/mol. The van der Waals surface area contributed by atoms with Gasteiger partial charge in [0.05, 0.1) is 6.61 Å². The first-order valence-electron chi connectivity index (χ1n) is 7.44. The number of hydrogen-bond acceptors (Lipinski definition) is 3. The molecule has 0 saturated heterocycles. The Labute approximate surface area is 135 Å². The van der Waals surface area contributed by atoms with Crippen LogP contribution in [-0.2, 0) is 4.79 Å². The van der Waals surface area contributed by atoms with Gasteiger partial charge in [-0.25, -0.2) is 0 Å². The second kappa shape index (κ2) is 7.98. The fourth-order valence-electron chi connectivity index (χ4n) is 2.00. The van der Waals surface area contributed by atoms with E-state index in [1.807, 2.05) is 31.2 Å². The maximum absolute atomic E-state index is 11.8. The van der Waals surface area contributed by atoms with Crippen molar-refractivity contribution in [3.05, 3.63) is 59.7 Å². The molecule has 23 heavy (non-hydrogen) atoms. The van der Waals surface area contributed by atoms with E-state index >= 15 is 0 Å². The molecule has 0 aromatic heterocycles. The third-order valence-corrected chi connectivity index (χ3v) is 3.29. The van der Waals surface area contributed by atoms with E-state index in [0.29, 0.717) is 30.7 Å². The fourth-order valence-corrected chi connectivity index (χ4v) is 2.00. The molecule has 0 aliphatic rings. The number of carbonyl (C=O) groups excluding carboxylic acids is 2. The Morgan fingerprint density at radius 2 is 1.70 bits per heavy atom. The van der Waals surface area contributed by atoms with Gasteiger partial charge in [0.25, 0.3) is 0 Å². The van der Waals surface area contributed by atoms with Crippen LogP contribution in [0.1, 0.15) is 28.8 Å². The Hall–Kier alpha value is -2.82. The summed E-state index contributed by atoms with van der Waals surface area (Å²) in [6.45, 7) is 2.50. The number of aryl methyl sites for hydroxylation is 1. The van der Waals surface area contributed by atoms with Crippen molar-refractivity contribution in [2.24, 2.45) is 5.73 Å². The number of hydrogen-bond donors (Lipinski definition) is 2. The molecule has 0 saturated carbocycles. The standard InChI is InChI=1S/C18H20N2O3/c1-13-4-10-16(11-5-13)23-12-2-3-17(21)20-15-8-6-14(7-9-15)18(19)22/h4-11H,2-3,12H2,1H3,(H2,19,22)(H,20,21). The number of carbonyl (C=O) groups is 2. The maximum atomic E-state index is 11.8. The van der Waals surface area contributed by atoms with Gasteiger partial charge >= 0.3 is 0 Å². The maximum Gasteiger partial charge on any atom is 0.248 e. The molecule has 2 rings (SSSR count). The highest BCUT2D eigenvalue weighted by Crippen LogP contribution is 2.12. The lowest BCUT2D eigenvalue weighted by atomic mass is 10.2. The smallest absolute Gasteiger partial charge is 0.248 e. The Morgan fingerprint density at radius 1 is 1.04 bits per heavy atom. The van der Waals surface area contributed by atoms with Crippen molar-refractivity contribution in [1.29, 1.82) is 0 Å². The van der Waals surface area contributed by atoms with Gasteiger partial charge in [-0.1, -0.05) is 17.7 Å². The summed E-state index contributed by atoms with van der Waals surface area (Å²) >= 11 is 0. The van der Waals surface area contributed by atoms with E-state index in [-0.39, 0.29) is 5.91 Å². The first-order chi connectivity index (χ1) is 11.0. The second-order valence-corrected chi connectivity index (χ2v) is 5.25. The third kappa shape index (κ3) is 5.47. The predicted octanol–water partition coefficient (Wildman–Crippen LogP) is 2.89. The molecule has 5 nitrogen and oxygen atoms in total. The van der Waals surface area contributed by atoms with E-state index in [2.05, 4.69) is 5.32 Å². The molecule has 0 atom stereocenters. The van der Waals surface area contributed by atoms with Crippen LogP contribution < -0.4 is 15.8 Å². The quantitative estimate of drug-likeness (QED) is 0.771. The Bertz CT molecular complexity index is 664. The molecule has 2 aromatic rings. The fraction of sp³-hybridized carbons (Fsp3) is 0.222. The molecular weight excluding hydrogens is 292 g/mol. The Balaban J connectivity index is 1.70. The van der Waals surface area contributed by atoms with Gasteiger partial charge in [-0.05, 0) is 49.7 Å². The summed E-state index contributed by atoms with van der Waals surface area (Å²) in [6, 6.07) is 14.3. The number of anilines is 1. The number of rotatable bonds is 7. The van der Waals surface area contributed by atoms with Crippen LogP contribution in [0.3, 0.4) is 0 Å². The summed E-state index contributed by atoms with van der Waals surface area (Å²) in [5.74, 6) is 0.221.